The van der Waals surface area contributed by atoms with Crippen LogP contribution in [0.3, 0.4) is 0 Å². The molecule has 0 aliphatic heterocycles. The average molecular weight is 304 g/mol. The van der Waals surface area contributed by atoms with Gasteiger partial charge in [-0.1, -0.05) is 11.6 Å². The number of halogens is 2. The number of carbonyl (C=O) groups excluding carboxylic acids is 1. The molecule has 0 radical (unpaired) electrons. The van der Waals surface area contributed by atoms with Crippen molar-refractivity contribution < 1.29 is 4.79 Å². The Bertz CT molecular complexity index is 455. The minimum absolute atomic E-state index is 0.128. The van der Waals surface area contributed by atoms with Crippen LogP contribution in [0.1, 0.15) is 29.6 Å². The Kier molecular flexibility index (Phi) is 4.46. The molecular weight excluding hydrogens is 289 g/mol. The second-order valence-electron chi connectivity index (χ2n) is 4.57. The van der Waals surface area contributed by atoms with E-state index in [1.165, 1.54) is 0 Å². The zero-order chi connectivity index (χ0) is 13.2. The number of benzene rings is 1. The van der Waals surface area contributed by atoms with Crippen LogP contribution in [0.4, 0.5) is 0 Å². The molecule has 18 heavy (non-hydrogen) atoms. The highest BCUT2D eigenvalue weighted by atomic mass is 35.5. The zero-order valence-corrected chi connectivity index (χ0v) is 12.5. The van der Waals surface area contributed by atoms with E-state index in [1.54, 1.807) is 17.8 Å². The quantitative estimate of drug-likeness (QED) is 0.674. The van der Waals surface area contributed by atoms with E-state index >= 15 is 0 Å². The summed E-state index contributed by atoms with van der Waals surface area (Å²) in [6.45, 7) is 0. The summed E-state index contributed by atoms with van der Waals surface area (Å²) in [6, 6.07) is 5.49. The van der Waals surface area contributed by atoms with Gasteiger partial charge in [0.05, 0.1) is 16.1 Å². The summed E-state index contributed by atoms with van der Waals surface area (Å²) in [5, 5.41) is 3.50. The summed E-state index contributed by atoms with van der Waals surface area (Å²) in [5.41, 5.74) is 0.303. The van der Waals surface area contributed by atoms with E-state index in [0.717, 1.165) is 24.2 Å². The summed E-state index contributed by atoms with van der Waals surface area (Å²) in [7, 11) is 0. The van der Waals surface area contributed by atoms with Gasteiger partial charge in [0.1, 0.15) is 0 Å². The van der Waals surface area contributed by atoms with E-state index in [1.807, 2.05) is 18.4 Å². The molecule has 0 atom stereocenters. The molecule has 0 heterocycles. The Hall–Kier alpha value is -0.380. The van der Waals surface area contributed by atoms with Crippen LogP contribution in [0.15, 0.2) is 23.1 Å². The maximum atomic E-state index is 12.2. The smallest absolute Gasteiger partial charge is 0.253 e. The van der Waals surface area contributed by atoms with E-state index in [-0.39, 0.29) is 11.4 Å². The van der Waals surface area contributed by atoms with Crippen molar-refractivity contribution in [3.05, 3.63) is 28.8 Å². The number of hydrogen-bond acceptors (Lipinski definition) is 2. The zero-order valence-electron chi connectivity index (χ0n) is 10.1. The van der Waals surface area contributed by atoms with Crippen LogP contribution in [0, 0.1) is 0 Å². The molecule has 0 spiro atoms. The van der Waals surface area contributed by atoms with Gasteiger partial charge in [-0.05, 0) is 43.7 Å². The molecule has 2 nitrogen and oxygen atoms in total. The summed E-state index contributed by atoms with van der Waals surface area (Å²) < 4.78 is 0. The van der Waals surface area contributed by atoms with Crippen molar-refractivity contribution in [3.8, 4) is 0 Å². The van der Waals surface area contributed by atoms with E-state index < -0.39 is 0 Å². The fraction of sp³-hybridized carbons (Fsp3) is 0.462. The van der Waals surface area contributed by atoms with Gasteiger partial charge in [-0.3, -0.25) is 4.79 Å². The molecular formula is C13H15Cl2NOS. The molecule has 1 aliphatic rings. The minimum Gasteiger partial charge on any atom is -0.345 e. The topological polar surface area (TPSA) is 29.1 Å². The molecule has 0 unspecified atom stereocenters. The van der Waals surface area contributed by atoms with Crippen LogP contribution in [0.25, 0.3) is 0 Å². The number of carbonyl (C=O) groups is 1. The van der Waals surface area contributed by atoms with Crippen molar-refractivity contribution in [2.24, 2.45) is 0 Å². The third-order valence-electron chi connectivity index (χ3n) is 3.36. The van der Waals surface area contributed by atoms with Crippen molar-refractivity contribution >= 4 is 40.9 Å². The van der Waals surface area contributed by atoms with E-state index in [2.05, 4.69) is 5.32 Å². The Labute approximate surface area is 121 Å². The van der Waals surface area contributed by atoms with Crippen molar-refractivity contribution in [1.82, 2.24) is 5.32 Å². The van der Waals surface area contributed by atoms with Gasteiger partial charge in [0, 0.05) is 10.8 Å². The lowest BCUT2D eigenvalue weighted by Gasteiger charge is -2.41. The number of rotatable bonds is 4. The number of nitrogens with one attached hydrogen (secondary N) is 1. The van der Waals surface area contributed by atoms with Gasteiger partial charge in [-0.15, -0.1) is 23.4 Å². The molecule has 1 N–H and O–H groups in total. The third kappa shape index (κ3) is 2.79. The molecule has 0 bridgehead atoms. The third-order valence-corrected chi connectivity index (χ3v) is 4.93. The summed E-state index contributed by atoms with van der Waals surface area (Å²) in [4.78, 5) is 13.3. The standard InChI is InChI=1S/C13H15Cl2NOS/c1-18-9-3-4-11(15)10(7-9)12(17)16-13(8-14)5-2-6-13/h3-4,7H,2,5-6,8H2,1H3,(H,16,17). The van der Waals surface area contributed by atoms with Crippen molar-refractivity contribution in [2.45, 2.75) is 29.7 Å². The summed E-state index contributed by atoms with van der Waals surface area (Å²) in [6.07, 6.45) is 4.98. The normalized spacial score (nSPS) is 17.1. The molecule has 1 aromatic rings. The monoisotopic (exact) mass is 303 g/mol. The van der Waals surface area contributed by atoms with Crippen molar-refractivity contribution in [1.29, 1.82) is 0 Å². The van der Waals surface area contributed by atoms with Gasteiger partial charge < -0.3 is 5.32 Å². The molecule has 0 saturated heterocycles. The average Bonchev–Trinajstić information content (AvgIpc) is 2.34. The molecule has 0 aromatic heterocycles. The molecule has 1 saturated carbocycles. The first-order valence-electron chi connectivity index (χ1n) is 5.82. The maximum Gasteiger partial charge on any atom is 0.253 e. The SMILES string of the molecule is CSc1ccc(Cl)c(C(=O)NC2(CCl)CCC2)c1. The lowest BCUT2D eigenvalue weighted by atomic mass is 9.78. The first-order chi connectivity index (χ1) is 8.60. The molecule has 98 valence electrons. The lowest BCUT2D eigenvalue weighted by molar-refractivity contribution is 0.0854. The largest absolute Gasteiger partial charge is 0.345 e. The molecule has 1 aliphatic carbocycles. The second kappa shape index (κ2) is 5.72. The van der Waals surface area contributed by atoms with Crippen LogP contribution >= 0.6 is 35.0 Å². The fourth-order valence-corrected chi connectivity index (χ4v) is 2.99. The summed E-state index contributed by atoms with van der Waals surface area (Å²) >= 11 is 13.6. The molecule has 1 amide bonds. The highest BCUT2D eigenvalue weighted by Gasteiger charge is 2.37. The highest BCUT2D eigenvalue weighted by molar-refractivity contribution is 7.98. The van der Waals surface area contributed by atoms with Crippen LogP contribution in [0.2, 0.25) is 5.02 Å². The Morgan fingerprint density at radius 2 is 2.22 bits per heavy atom. The van der Waals surface area contributed by atoms with E-state index in [0.29, 0.717) is 16.5 Å². The predicted octanol–water partition coefficient (Wildman–Crippen LogP) is 3.95. The first kappa shape index (κ1) is 14.0. The number of hydrogen-bond donors (Lipinski definition) is 1. The Morgan fingerprint density at radius 1 is 1.50 bits per heavy atom. The minimum atomic E-state index is -0.225. The lowest BCUT2D eigenvalue weighted by Crippen LogP contribution is -2.55. The van der Waals surface area contributed by atoms with Gasteiger partial charge in [-0.25, -0.2) is 0 Å². The van der Waals surface area contributed by atoms with Crippen molar-refractivity contribution in [2.75, 3.05) is 12.1 Å². The number of alkyl halides is 1. The molecule has 1 aromatic carbocycles. The van der Waals surface area contributed by atoms with E-state index in [9.17, 15) is 4.79 Å². The Balaban J connectivity index is 2.18. The van der Waals surface area contributed by atoms with Gasteiger partial charge in [0.15, 0.2) is 0 Å². The maximum absolute atomic E-state index is 12.2. The molecule has 1 fully saturated rings. The van der Waals surface area contributed by atoms with Gasteiger partial charge >= 0.3 is 0 Å². The highest BCUT2D eigenvalue weighted by Crippen LogP contribution is 2.33. The molecule has 2 rings (SSSR count). The van der Waals surface area contributed by atoms with E-state index in [4.69, 9.17) is 23.2 Å². The van der Waals surface area contributed by atoms with Gasteiger partial charge in [0.2, 0.25) is 0 Å². The van der Waals surface area contributed by atoms with Crippen molar-refractivity contribution in [3.63, 3.8) is 0 Å². The van der Waals surface area contributed by atoms with Gasteiger partial charge in [-0.2, -0.15) is 0 Å². The summed E-state index contributed by atoms with van der Waals surface area (Å²) in [5.74, 6) is 0.328. The second-order valence-corrected chi connectivity index (χ2v) is 6.12. The fourth-order valence-electron chi connectivity index (χ4n) is 2.01. The molecule has 5 heteroatoms. The predicted molar refractivity (Wildman–Crippen MR) is 78.0 cm³/mol. The first-order valence-corrected chi connectivity index (χ1v) is 7.96. The van der Waals surface area contributed by atoms with Crippen LogP contribution in [-0.4, -0.2) is 23.6 Å². The van der Waals surface area contributed by atoms with Crippen LogP contribution < -0.4 is 5.32 Å². The van der Waals surface area contributed by atoms with Crippen LogP contribution in [-0.2, 0) is 0 Å². The van der Waals surface area contributed by atoms with Crippen LogP contribution in [0.5, 0.6) is 0 Å². The number of amides is 1. The van der Waals surface area contributed by atoms with Gasteiger partial charge in [0.25, 0.3) is 5.91 Å². The Morgan fingerprint density at radius 3 is 2.72 bits per heavy atom. The number of thioether (sulfide) groups is 1.